The second-order valence-electron chi connectivity index (χ2n) is 8.72. The van der Waals surface area contributed by atoms with Crippen LogP contribution in [0.5, 0.6) is 0 Å². The molecule has 1 aromatic rings. The third-order valence-corrected chi connectivity index (χ3v) is 5.53. The van der Waals surface area contributed by atoms with E-state index in [2.05, 4.69) is 24.3 Å². The molecule has 0 aliphatic rings. The molecular weight excluding hydrogens is 348 g/mol. The van der Waals surface area contributed by atoms with Crippen molar-refractivity contribution in [2.75, 3.05) is 6.61 Å². The monoisotopic (exact) mass is 390 g/mol. The summed E-state index contributed by atoms with van der Waals surface area (Å²) in [6.45, 7) is 5.26. The second kappa shape index (κ2) is 15.6. The Kier molecular flexibility index (Phi) is 13.7. The van der Waals surface area contributed by atoms with Crippen LogP contribution in [0, 0.1) is 5.41 Å². The highest BCUT2D eigenvalue weighted by atomic mass is 16.5. The summed E-state index contributed by atoms with van der Waals surface area (Å²) in [5.74, 6) is -0.674. The van der Waals surface area contributed by atoms with Crippen molar-refractivity contribution in [3.8, 4) is 0 Å². The van der Waals surface area contributed by atoms with E-state index < -0.39 is 11.4 Å². The molecule has 0 fully saturated rings. The van der Waals surface area contributed by atoms with E-state index in [0.717, 1.165) is 26.1 Å². The molecule has 0 aliphatic heterocycles. The molecular formula is C25H42O3. The maximum atomic E-state index is 11.0. The van der Waals surface area contributed by atoms with Crippen molar-refractivity contribution in [1.82, 2.24) is 0 Å². The Bertz CT molecular complexity index is 496. The van der Waals surface area contributed by atoms with Gasteiger partial charge in [0.1, 0.15) is 0 Å². The van der Waals surface area contributed by atoms with Gasteiger partial charge in [-0.2, -0.15) is 0 Å². The third-order valence-electron chi connectivity index (χ3n) is 5.53. The molecule has 0 saturated carbocycles. The average molecular weight is 391 g/mol. The number of aliphatic carboxylic acids is 1. The maximum Gasteiger partial charge on any atom is 0.309 e. The molecule has 0 atom stereocenters. The van der Waals surface area contributed by atoms with Gasteiger partial charge in [-0.25, -0.2) is 0 Å². The molecule has 0 heterocycles. The number of unbranched alkanes of at least 4 members (excludes halogenated alkanes) is 11. The molecule has 0 radical (unpaired) electrons. The van der Waals surface area contributed by atoms with Crippen LogP contribution in [0.4, 0.5) is 0 Å². The molecule has 1 rings (SSSR count). The molecule has 160 valence electrons. The van der Waals surface area contributed by atoms with Gasteiger partial charge < -0.3 is 9.84 Å². The van der Waals surface area contributed by atoms with Crippen molar-refractivity contribution in [3.63, 3.8) is 0 Å². The van der Waals surface area contributed by atoms with Crippen LogP contribution in [0.1, 0.15) is 103 Å². The molecule has 28 heavy (non-hydrogen) atoms. The van der Waals surface area contributed by atoms with Crippen molar-refractivity contribution in [2.45, 2.75) is 104 Å². The molecule has 0 unspecified atom stereocenters. The van der Waals surface area contributed by atoms with E-state index in [-0.39, 0.29) is 0 Å². The van der Waals surface area contributed by atoms with Gasteiger partial charge in [0.15, 0.2) is 0 Å². The molecule has 0 bridgehead atoms. The van der Waals surface area contributed by atoms with Gasteiger partial charge in [-0.05, 0) is 32.3 Å². The first-order valence-electron chi connectivity index (χ1n) is 11.4. The number of carboxylic acid groups (broad SMARTS) is 1. The lowest BCUT2D eigenvalue weighted by Gasteiger charge is -2.18. The number of carboxylic acids is 1. The molecule has 1 aromatic carbocycles. The predicted molar refractivity (Wildman–Crippen MR) is 118 cm³/mol. The Morgan fingerprint density at radius 2 is 1.25 bits per heavy atom. The molecule has 1 N–H and O–H groups in total. The standard InChI is InChI=1S/C25H42O3/c1-25(2,24(26)27)20-16-11-9-7-5-3-4-6-8-10-12-17-21-28-22-23-18-14-13-15-19-23/h13-15,18-19H,3-12,16-17,20-22H2,1-2H3,(H,26,27). The molecule has 0 amide bonds. The number of hydrogen-bond acceptors (Lipinski definition) is 2. The Balaban J connectivity index is 1.76. The summed E-state index contributed by atoms with van der Waals surface area (Å²) >= 11 is 0. The van der Waals surface area contributed by atoms with Gasteiger partial charge in [-0.1, -0.05) is 101 Å². The van der Waals surface area contributed by atoms with Crippen LogP contribution in [-0.2, 0) is 16.1 Å². The summed E-state index contributed by atoms with van der Waals surface area (Å²) < 4.78 is 5.72. The Morgan fingerprint density at radius 1 is 0.786 bits per heavy atom. The first-order valence-corrected chi connectivity index (χ1v) is 11.4. The van der Waals surface area contributed by atoms with E-state index in [1.165, 1.54) is 76.2 Å². The lowest BCUT2D eigenvalue weighted by molar-refractivity contribution is -0.147. The minimum atomic E-state index is -0.674. The summed E-state index contributed by atoms with van der Waals surface area (Å²) in [7, 11) is 0. The molecule has 0 aliphatic carbocycles. The van der Waals surface area contributed by atoms with Gasteiger partial charge in [0.2, 0.25) is 0 Å². The SMILES string of the molecule is CC(C)(CCCCCCCCCCCCCCOCc1ccccc1)C(=O)O. The topological polar surface area (TPSA) is 46.5 Å². The molecule has 0 saturated heterocycles. The first-order chi connectivity index (χ1) is 13.5. The highest BCUT2D eigenvalue weighted by molar-refractivity contribution is 5.73. The minimum absolute atomic E-state index is 0.561. The quantitative estimate of drug-likeness (QED) is 0.266. The summed E-state index contributed by atoms with van der Waals surface area (Å²) in [5.41, 5.74) is 0.695. The third kappa shape index (κ3) is 12.9. The number of carbonyl (C=O) groups is 1. The molecule has 3 heteroatoms. The van der Waals surface area contributed by atoms with Crippen molar-refractivity contribution in [2.24, 2.45) is 5.41 Å². The van der Waals surface area contributed by atoms with Crippen molar-refractivity contribution in [3.05, 3.63) is 35.9 Å². The maximum absolute atomic E-state index is 11.0. The molecule has 0 aromatic heterocycles. The first kappa shape index (κ1) is 24.7. The number of rotatable bonds is 18. The Hall–Kier alpha value is -1.35. The summed E-state index contributed by atoms with van der Waals surface area (Å²) in [6, 6.07) is 10.4. The fraction of sp³-hybridized carbons (Fsp3) is 0.720. The summed E-state index contributed by atoms with van der Waals surface area (Å²) in [4.78, 5) is 11.0. The van der Waals surface area contributed by atoms with Gasteiger partial charge in [0.05, 0.1) is 12.0 Å². The molecule has 0 spiro atoms. The van der Waals surface area contributed by atoms with E-state index >= 15 is 0 Å². The van der Waals surface area contributed by atoms with Crippen LogP contribution in [0.2, 0.25) is 0 Å². The Morgan fingerprint density at radius 3 is 1.75 bits per heavy atom. The van der Waals surface area contributed by atoms with E-state index in [9.17, 15) is 4.79 Å². The fourth-order valence-electron chi connectivity index (χ4n) is 3.41. The van der Waals surface area contributed by atoms with Crippen LogP contribution in [-0.4, -0.2) is 17.7 Å². The smallest absolute Gasteiger partial charge is 0.309 e. The minimum Gasteiger partial charge on any atom is -0.481 e. The largest absolute Gasteiger partial charge is 0.481 e. The molecule has 3 nitrogen and oxygen atoms in total. The van der Waals surface area contributed by atoms with Gasteiger partial charge >= 0.3 is 5.97 Å². The number of ether oxygens (including phenoxy) is 1. The van der Waals surface area contributed by atoms with E-state index in [4.69, 9.17) is 9.84 Å². The lowest BCUT2D eigenvalue weighted by Crippen LogP contribution is -2.23. The highest BCUT2D eigenvalue weighted by Crippen LogP contribution is 2.24. The van der Waals surface area contributed by atoms with Crippen LogP contribution in [0.25, 0.3) is 0 Å². The lowest BCUT2D eigenvalue weighted by atomic mass is 9.87. The zero-order chi connectivity index (χ0) is 20.5. The van der Waals surface area contributed by atoms with Gasteiger partial charge in [0.25, 0.3) is 0 Å². The van der Waals surface area contributed by atoms with Crippen molar-refractivity contribution in [1.29, 1.82) is 0 Å². The number of hydrogen-bond donors (Lipinski definition) is 1. The predicted octanol–water partition coefficient (Wildman–Crippen LogP) is 7.39. The number of benzene rings is 1. The fourth-order valence-corrected chi connectivity index (χ4v) is 3.41. The van der Waals surface area contributed by atoms with E-state index in [0.29, 0.717) is 0 Å². The zero-order valence-corrected chi connectivity index (χ0v) is 18.3. The van der Waals surface area contributed by atoms with Crippen LogP contribution in [0.15, 0.2) is 30.3 Å². The van der Waals surface area contributed by atoms with Crippen molar-refractivity contribution < 1.29 is 14.6 Å². The van der Waals surface area contributed by atoms with E-state index in [1.54, 1.807) is 0 Å². The zero-order valence-electron chi connectivity index (χ0n) is 18.3. The Labute approximate surface area is 172 Å². The summed E-state index contributed by atoms with van der Waals surface area (Å²) in [6.07, 6.45) is 16.1. The van der Waals surface area contributed by atoms with Crippen LogP contribution in [0.3, 0.4) is 0 Å². The second-order valence-corrected chi connectivity index (χ2v) is 8.72. The van der Waals surface area contributed by atoms with E-state index in [1.807, 2.05) is 19.9 Å². The average Bonchev–Trinajstić information content (AvgIpc) is 2.68. The summed E-state index contributed by atoms with van der Waals surface area (Å²) in [5, 5.41) is 9.09. The van der Waals surface area contributed by atoms with Gasteiger partial charge in [-0.3, -0.25) is 4.79 Å². The van der Waals surface area contributed by atoms with Crippen LogP contribution >= 0.6 is 0 Å². The van der Waals surface area contributed by atoms with Crippen LogP contribution < -0.4 is 0 Å². The normalized spacial score (nSPS) is 11.6. The van der Waals surface area contributed by atoms with Gasteiger partial charge in [-0.15, -0.1) is 0 Å². The van der Waals surface area contributed by atoms with Crippen molar-refractivity contribution >= 4 is 5.97 Å². The van der Waals surface area contributed by atoms with Gasteiger partial charge in [0, 0.05) is 6.61 Å². The highest BCUT2D eigenvalue weighted by Gasteiger charge is 2.25.